The summed E-state index contributed by atoms with van der Waals surface area (Å²) >= 11 is 0. The van der Waals surface area contributed by atoms with Crippen LogP contribution in [0.5, 0.6) is 0 Å². The summed E-state index contributed by atoms with van der Waals surface area (Å²) < 4.78 is 37.3. The molecule has 0 aliphatic carbocycles. The number of rotatable bonds is 3. The molecule has 0 amide bonds. The SMILES string of the molecule is CC(N)C(C)CN1CCC(C(F)(F)F)CC1. The lowest BCUT2D eigenvalue weighted by molar-refractivity contribution is -0.185. The average molecular weight is 238 g/mol. The van der Waals surface area contributed by atoms with Gasteiger partial charge < -0.3 is 10.6 Å². The third-order valence-electron chi connectivity index (χ3n) is 3.49. The zero-order chi connectivity index (χ0) is 12.3. The highest BCUT2D eigenvalue weighted by Gasteiger charge is 2.41. The molecule has 2 atom stereocenters. The molecule has 1 heterocycles. The molecule has 2 N–H and O–H groups in total. The van der Waals surface area contributed by atoms with Gasteiger partial charge in [0.05, 0.1) is 5.92 Å². The predicted molar refractivity (Wildman–Crippen MR) is 58.0 cm³/mol. The van der Waals surface area contributed by atoms with Gasteiger partial charge in [0.1, 0.15) is 0 Å². The normalized spacial score (nSPS) is 24.4. The van der Waals surface area contributed by atoms with Crippen molar-refractivity contribution >= 4 is 0 Å². The maximum Gasteiger partial charge on any atom is 0.391 e. The molecule has 96 valence electrons. The Hall–Kier alpha value is -0.290. The molecule has 0 aromatic rings. The standard InChI is InChI=1S/C11H21F3N2/c1-8(9(2)15)7-16-5-3-10(4-6-16)11(12,13)14/h8-10H,3-7,15H2,1-2H3. The number of nitrogens with zero attached hydrogens (tertiary/aromatic N) is 1. The monoisotopic (exact) mass is 238 g/mol. The smallest absolute Gasteiger partial charge is 0.328 e. The molecular formula is C11H21F3N2. The molecule has 0 aromatic heterocycles. The topological polar surface area (TPSA) is 29.3 Å². The van der Waals surface area contributed by atoms with Crippen LogP contribution in [-0.4, -0.2) is 36.8 Å². The molecule has 16 heavy (non-hydrogen) atoms. The van der Waals surface area contributed by atoms with Gasteiger partial charge in [-0.3, -0.25) is 0 Å². The molecule has 0 saturated carbocycles. The summed E-state index contributed by atoms with van der Waals surface area (Å²) in [4.78, 5) is 2.09. The lowest BCUT2D eigenvalue weighted by Crippen LogP contribution is -2.43. The first-order valence-corrected chi connectivity index (χ1v) is 5.85. The Morgan fingerprint density at radius 3 is 2.12 bits per heavy atom. The van der Waals surface area contributed by atoms with E-state index in [9.17, 15) is 13.2 Å². The molecular weight excluding hydrogens is 217 g/mol. The third-order valence-corrected chi connectivity index (χ3v) is 3.49. The van der Waals surface area contributed by atoms with Crippen LogP contribution in [0, 0.1) is 11.8 Å². The first-order chi connectivity index (χ1) is 7.30. The van der Waals surface area contributed by atoms with Crippen LogP contribution in [0.4, 0.5) is 13.2 Å². The highest BCUT2D eigenvalue weighted by molar-refractivity contribution is 4.79. The van der Waals surface area contributed by atoms with Gasteiger partial charge in [-0.2, -0.15) is 13.2 Å². The molecule has 2 unspecified atom stereocenters. The van der Waals surface area contributed by atoms with Gasteiger partial charge in [0.2, 0.25) is 0 Å². The van der Waals surface area contributed by atoms with Crippen molar-refractivity contribution in [1.29, 1.82) is 0 Å². The fourth-order valence-electron chi connectivity index (χ4n) is 2.02. The van der Waals surface area contributed by atoms with Crippen molar-refractivity contribution < 1.29 is 13.2 Å². The van der Waals surface area contributed by atoms with Crippen molar-refractivity contribution in [3.05, 3.63) is 0 Å². The van der Waals surface area contributed by atoms with E-state index in [4.69, 9.17) is 5.73 Å². The van der Waals surface area contributed by atoms with Crippen molar-refractivity contribution in [2.24, 2.45) is 17.6 Å². The Bertz CT molecular complexity index is 208. The first-order valence-electron chi connectivity index (χ1n) is 5.85. The maximum atomic E-state index is 12.4. The molecule has 1 fully saturated rings. The second-order valence-corrected chi connectivity index (χ2v) is 4.95. The quantitative estimate of drug-likeness (QED) is 0.817. The van der Waals surface area contributed by atoms with Crippen molar-refractivity contribution in [3.8, 4) is 0 Å². The lowest BCUT2D eigenvalue weighted by Gasteiger charge is -2.34. The number of halogens is 3. The molecule has 0 spiro atoms. The van der Waals surface area contributed by atoms with Gasteiger partial charge in [0.15, 0.2) is 0 Å². The summed E-state index contributed by atoms with van der Waals surface area (Å²) in [6.45, 7) is 5.87. The van der Waals surface area contributed by atoms with Gasteiger partial charge >= 0.3 is 6.18 Å². The number of likely N-dealkylation sites (tertiary alicyclic amines) is 1. The molecule has 1 aliphatic heterocycles. The van der Waals surface area contributed by atoms with Gasteiger partial charge in [-0.05, 0) is 38.8 Å². The largest absolute Gasteiger partial charge is 0.391 e. The number of piperidine rings is 1. The van der Waals surface area contributed by atoms with Crippen molar-refractivity contribution in [1.82, 2.24) is 4.90 Å². The highest BCUT2D eigenvalue weighted by Crippen LogP contribution is 2.34. The van der Waals surface area contributed by atoms with E-state index in [-0.39, 0.29) is 18.9 Å². The van der Waals surface area contributed by atoms with Crippen LogP contribution in [0.3, 0.4) is 0 Å². The van der Waals surface area contributed by atoms with Crippen LogP contribution < -0.4 is 5.73 Å². The highest BCUT2D eigenvalue weighted by atomic mass is 19.4. The van der Waals surface area contributed by atoms with Crippen LogP contribution >= 0.6 is 0 Å². The minimum Gasteiger partial charge on any atom is -0.328 e. The van der Waals surface area contributed by atoms with E-state index in [0.717, 1.165) is 6.54 Å². The van der Waals surface area contributed by atoms with E-state index >= 15 is 0 Å². The third kappa shape index (κ3) is 3.94. The van der Waals surface area contributed by atoms with E-state index < -0.39 is 12.1 Å². The molecule has 0 aromatic carbocycles. The van der Waals surface area contributed by atoms with Gasteiger partial charge in [-0.25, -0.2) is 0 Å². The fourth-order valence-corrected chi connectivity index (χ4v) is 2.02. The molecule has 2 nitrogen and oxygen atoms in total. The van der Waals surface area contributed by atoms with Crippen molar-refractivity contribution in [2.75, 3.05) is 19.6 Å². The summed E-state index contributed by atoms with van der Waals surface area (Å²) in [5, 5.41) is 0. The Kier molecular flexibility index (Phi) is 4.62. The van der Waals surface area contributed by atoms with E-state index in [1.54, 1.807) is 0 Å². The van der Waals surface area contributed by atoms with Crippen molar-refractivity contribution in [3.63, 3.8) is 0 Å². The Morgan fingerprint density at radius 1 is 1.25 bits per heavy atom. The molecule has 1 aliphatic rings. The summed E-state index contributed by atoms with van der Waals surface area (Å²) in [5.74, 6) is -0.767. The van der Waals surface area contributed by atoms with E-state index in [1.807, 2.05) is 13.8 Å². The fraction of sp³-hybridized carbons (Fsp3) is 1.00. The predicted octanol–water partition coefficient (Wildman–Crippen LogP) is 2.24. The Morgan fingerprint density at radius 2 is 1.75 bits per heavy atom. The van der Waals surface area contributed by atoms with Gasteiger partial charge in [-0.1, -0.05) is 6.92 Å². The maximum absolute atomic E-state index is 12.4. The summed E-state index contributed by atoms with van der Waals surface area (Å²) in [6, 6.07) is 0.0975. The zero-order valence-corrected chi connectivity index (χ0v) is 9.93. The summed E-state index contributed by atoms with van der Waals surface area (Å²) in [6.07, 6.45) is -3.55. The Balaban J connectivity index is 2.32. The second kappa shape index (κ2) is 5.36. The molecule has 5 heteroatoms. The molecule has 1 rings (SSSR count). The van der Waals surface area contributed by atoms with Gasteiger partial charge in [-0.15, -0.1) is 0 Å². The lowest BCUT2D eigenvalue weighted by atomic mass is 9.95. The van der Waals surface area contributed by atoms with Crippen molar-refractivity contribution in [2.45, 2.75) is 38.9 Å². The van der Waals surface area contributed by atoms with E-state index in [2.05, 4.69) is 4.90 Å². The number of hydrogen-bond donors (Lipinski definition) is 1. The van der Waals surface area contributed by atoms with Crippen LogP contribution in [0.1, 0.15) is 26.7 Å². The summed E-state index contributed by atoms with van der Waals surface area (Å²) in [7, 11) is 0. The minimum atomic E-state index is -4.02. The molecule has 0 bridgehead atoms. The van der Waals surface area contributed by atoms with E-state index in [1.165, 1.54) is 0 Å². The first kappa shape index (κ1) is 13.8. The zero-order valence-electron chi connectivity index (χ0n) is 9.93. The molecule has 1 saturated heterocycles. The van der Waals surface area contributed by atoms with Crippen LogP contribution in [0.2, 0.25) is 0 Å². The van der Waals surface area contributed by atoms with Gasteiger partial charge in [0.25, 0.3) is 0 Å². The summed E-state index contributed by atoms with van der Waals surface area (Å²) in [5.41, 5.74) is 5.74. The van der Waals surface area contributed by atoms with E-state index in [0.29, 0.717) is 19.0 Å². The molecule has 0 radical (unpaired) electrons. The number of nitrogens with two attached hydrogens (primary N) is 1. The Labute approximate surface area is 95.0 Å². The number of hydrogen-bond acceptors (Lipinski definition) is 2. The average Bonchev–Trinajstić information content (AvgIpc) is 2.17. The van der Waals surface area contributed by atoms with Gasteiger partial charge in [0, 0.05) is 12.6 Å². The minimum absolute atomic E-state index is 0.0975. The van der Waals surface area contributed by atoms with Crippen LogP contribution in [-0.2, 0) is 0 Å². The second-order valence-electron chi connectivity index (χ2n) is 4.95. The van der Waals surface area contributed by atoms with Crippen LogP contribution in [0.25, 0.3) is 0 Å². The number of alkyl halides is 3. The van der Waals surface area contributed by atoms with Crippen LogP contribution in [0.15, 0.2) is 0 Å².